The Hall–Kier alpha value is -2.08. The van der Waals surface area contributed by atoms with Crippen molar-refractivity contribution < 1.29 is 4.79 Å². The minimum absolute atomic E-state index is 0.0770. The van der Waals surface area contributed by atoms with E-state index in [0.29, 0.717) is 18.0 Å². The number of carbonyl (C=O) groups excluding carboxylic acids is 1. The molecule has 0 saturated carbocycles. The van der Waals surface area contributed by atoms with Gasteiger partial charge < -0.3 is 15.5 Å². The van der Waals surface area contributed by atoms with E-state index >= 15 is 0 Å². The second-order valence-electron chi connectivity index (χ2n) is 4.70. The first kappa shape index (κ1) is 12.9. The Morgan fingerprint density at radius 3 is 2.60 bits per heavy atom. The van der Waals surface area contributed by atoms with Crippen molar-refractivity contribution in [1.82, 2.24) is 9.88 Å². The summed E-state index contributed by atoms with van der Waals surface area (Å²) in [4.78, 5) is 21.0. The fourth-order valence-electron chi connectivity index (χ4n) is 2.40. The Kier molecular flexibility index (Phi) is 3.56. The second-order valence-corrected chi connectivity index (χ2v) is 5.59. The molecule has 0 spiro atoms. The van der Waals surface area contributed by atoms with Crippen LogP contribution in [-0.2, 0) is 0 Å². The number of anilines is 2. The zero-order chi connectivity index (χ0) is 13.9. The normalized spacial score (nSPS) is 15.4. The molecular weight excluding hydrogens is 272 g/mol. The van der Waals surface area contributed by atoms with E-state index < -0.39 is 0 Å². The fourth-order valence-corrected chi connectivity index (χ4v) is 2.99. The van der Waals surface area contributed by atoms with Gasteiger partial charge in [0, 0.05) is 26.2 Å². The molecular formula is C14H16N4OS. The molecule has 2 heterocycles. The van der Waals surface area contributed by atoms with Gasteiger partial charge in [0.15, 0.2) is 0 Å². The van der Waals surface area contributed by atoms with Gasteiger partial charge in [0.05, 0.1) is 23.1 Å². The lowest BCUT2D eigenvalue weighted by atomic mass is 10.2. The van der Waals surface area contributed by atoms with Crippen molar-refractivity contribution in [1.29, 1.82) is 0 Å². The molecule has 0 atom stereocenters. The van der Waals surface area contributed by atoms with Crippen molar-refractivity contribution in [3.63, 3.8) is 0 Å². The molecule has 3 rings (SSSR count). The van der Waals surface area contributed by atoms with Crippen LogP contribution < -0.4 is 10.6 Å². The van der Waals surface area contributed by atoms with Crippen LogP contribution >= 0.6 is 11.3 Å². The number of nitrogens with two attached hydrogens (primary N) is 1. The molecule has 0 radical (unpaired) electrons. The van der Waals surface area contributed by atoms with Crippen LogP contribution in [0.15, 0.2) is 36.0 Å². The zero-order valence-corrected chi connectivity index (χ0v) is 11.8. The van der Waals surface area contributed by atoms with E-state index in [1.54, 1.807) is 11.7 Å². The lowest BCUT2D eigenvalue weighted by Crippen LogP contribution is -2.48. The van der Waals surface area contributed by atoms with Gasteiger partial charge in [0.2, 0.25) is 0 Å². The lowest BCUT2D eigenvalue weighted by molar-refractivity contribution is 0.0751. The van der Waals surface area contributed by atoms with E-state index in [4.69, 9.17) is 5.73 Å². The quantitative estimate of drug-likeness (QED) is 0.854. The van der Waals surface area contributed by atoms with E-state index in [1.165, 1.54) is 11.3 Å². The number of amides is 1. The molecule has 1 aliphatic rings. The van der Waals surface area contributed by atoms with Crippen molar-refractivity contribution in [2.75, 3.05) is 36.8 Å². The third-order valence-electron chi connectivity index (χ3n) is 3.49. The molecule has 20 heavy (non-hydrogen) atoms. The molecule has 2 aromatic rings. The Balaban J connectivity index is 1.65. The predicted molar refractivity (Wildman–Crippen MR) is 81.1 cm³/mol. The molecule has 1 aromatic carbocycles. The molecule has 1 fully saturated rings. The summed E-state index contributed by atoms with van der Waals surface area (Å²) in [5.74, 6) is 0.0770. The van der Waals surface area contributed by atoms with Crippen LogP contribution in [-0.4, -0.2) is 42.0 Å². The number of aromatic nitrogens is 1. The van der Waals surface area contributed by atoms with Gasteiger partial charge in [-0.15, -0.1) is 11.3 Å². The molecule has 2 N–H and O–H groups in total. The number of thiazole rings is 1. The average Bonchev–Trinajstić information content (AvgIpc) is 3.01. The van der Waals surface area contributed by atoms with Gasteiger partial charge in [-0.05, 0) is 12.1 Å². The number of carbonyl (C=O) groups is 1. The molecule has 6 heteroatoms. The van der Waals surface area contributed by atoms with Gasteiger partial charge >= 0.3 is 0 Å². The van der Waals surface area contributed by atoms with Gasteiger partial charge in [0.1, 0.15) is 4.88 Å². The first-order valence-corrected chi connectivity index (χ1v) is 7.41. The third-order valence-corrected chi connectivity index (χ3v) is 4.25. The summed E-state index contributed by atoms with van der Waals surface area (Å²) in [6.07, 6.45) is 1.63. The minimum Gasteiger partial charge on any atom is -0.397 e. The molecule has 1 saturated heterocycles. The highest BCUT2D eigenvalue weighted by Gasteiger charge is 2.23. The maximum Gasteiger partial charge on any atom is 0.265 e. The highest BCUT2D eigenvalue weighted by Crippen LogP contribution is 2.24. The third kappa shape index (κ3) is 2.46. The number of hydrogen-bond donors (Lipinski definition) is 1. The lowest BCUT2D eigenvalue weighted by Gasteiger charge is -2.36. The Labute approximate surface area is 121 Å². The van der Waals surface area contributed by atoms with Gasteiger partial charge in [-0.1, -0.05) is 12.1 Å². The van der Waals surface area contributed by atoms with E-state index in [2.05, 4.69) is 9.88 Å². The molecule has 5 nitrogen and oxygen atoms in total. The van der Waals surface area contributed by atoms with Crippen LogP contribution in [0, 0.1) is 0 Å². The first-order chi connectivity index (χ1) is 9.75. The Morgan fingerprint density at radius 1 is 1.20 bits per heavy atom. The summed E-state index contributed by atoms with van der Waals surface area (Å²) in [7, 11) is 0. The van der Waals surface area contributed by atoms with Crippen molar-refractivity contribution >= 4 is 28.6 Å². The second kappa shape index (κ2) is 5.50. The van der Waals surface area contributed by atoms with Crippen LogP contribution in [0.3, 0.4) is 0 Å². The largest absolute Gasteiger partial charge is 0.397 e. The van der Waals surface area contributed by atoms with Crippen LogP contribution in [0.25, 0.3) is 0 Å². The van der Waals surface area contributed by atoms with Crippen LogP contribution in [0.5, 0.6) is 0 Å². The maximum atomic E-state index is 12.2. The Morgan fingerprint density at radius 2 is 1.95 bits per heavy atom. The highest BCUT2D eigenvalue weighted by molar-refractivity contribution is 7.11. The van der Waals surface area contributed by atoms with Gasteiger partial charge in [-0.2, -0.15) is 0 Å². The van der Waals surface area contributed by atoms with Gasteiger partial charge in [0.25, 0.3) is 5.91 Å². The van der Waals surface area contributed by atoms with E-state index in [9.17, 15) is 4.79 Å². The molecule has 1 aromatic heterocycles. The van der Waals surface area contributed by atoms with Crippen LogP contribution in [0.2, 0.25) is 0 Å². The number of para-hydroxylation sites is 2. The molecule has 1 amide bonds. The van der Waals surface area contributed by atoms with Crippen molar-refractivity contribution in [2.45, 2.75) is 0 Å². The van der Waals surface area contributed by atoms with Gasteiger partial charge in [-0.3, -0.25) is 9.78 Å². The van der Waals surface area contributed by atoms with Gasteiger partial charge in [-0.25, -0.2) is 0 Å². The number of hydrogen-bond acceptors (Lipinski definition) is 5. The standard InChI is InChI=1S/C14H16N4OS/c15-11-3-1-2-4-12(11)17-5-7-18(8-6-17)14(19)13-9-16-10-20-13/h1-4,9-10H,5-8,15H2. The SMILES string of the molecule is Nc1ccccc1N1CCN(C(=O)c2cncs2)CC1. The molecule has 0 aliphatic carbocycles. The van der Waals surface area contributed by atoms with Crippen LogP contribution in [0.1, 0.15) is 9.67 Å². The van der Waals surface area contributed by atoms with Crippen molar-refractivity contribution in [3.8, 4) is 0 Å². The molecule has 1 aliphatic heterocycles. The summed E-state index contributed by atoms with van der Waals surface area (Å²) in [6, 6.07) is 7.85. The number of nitrogens with zero attached hydrogens (tertiary/aromatic N) is 3. The molecule has 0 bridgehead atoms. The number of rotatable bonds is 2. The first-order valence-electron chi connectivity index (χ1n) is 6.53. The highest BCUT2D eigenvalue weighted by atomic mass is 32.1. The molecule has 0 unspecified atom stereocenters. The monoisotopic (exact) mass is 288 g/mol. The van der Waals surface area contributed by atoms with Crippen molar-refractivity contribution in [2.24, 2.45) is 0 Å². The molecule has 104 valence electrons. The number of benzene rings is 1. The summed E-state index contributed by atoms with van der Waals surface area (Å²) in [5.41, 5.74) is 9.52. The van der Waals surface area contributed by atoms with E-state index in [-0.39, 0.29) is 5.91 Å². The minimum atomic E-state index is 0.0770. The fraction of sp³-hybridized carbons (Fsp3) is 0.286. The van der Waals surface area contributed by atoms with Crippen molar-refractivity contribution in [3.05, 3.63) is 40.8 Å². The Bertz CT molecular complexity index is 591. The summed E-state index contributed by atoms with van der Waals surface area (Å²) in [6.45, 7) is 3.04. The topological polar surface area (TPSA) is 62.5 Å². The zero-order valence-electron chi connectivity index (χ0n) is 11.0. The number of nitrogen functional groups attached to an aromatic ring is 1. The summed E-state index contributed by atoms with van der Waals surface area (Å²) < 4.78 is 0. The number of piperazine rings is 1. The summed E-state index contributed by atoms with van der Waals surface area (Å²) in [5, 5.41) is 0. The maximum absolute atomic E-state index is 12.2. The van der Waals surface area contributed by atoms with E-state index in [1.807, 2.05) is 29.2 Å². The smallest absolute Gasteiger partial charge is 0.265 e. The van der Waals surface area contributed by atoms with E-state index in [0.717, 1.165) is 24.5 Å². The predicted octanol–water partition coefficient (Wildman–Crippen LogP) is 1.69. The summed E-state index contributed by atoms with van der Waals surface area (Å²) >= 11 is 1.39. The average molecular weight is 288 g/mol. The van der Waals surface area contributed by atoms with Crippen LogP contribution in [0.4, 0.5) is 11.4 Å².